The number of anilines is 1. The molecule has 9 nitrogen and oxygen atoms in total. The Hall–Kier alpha value is -4.05. The Morgan fingerprint density at radius 2 is 1.86 bits per heavy atom. The van der Waals surface area contributed by atoms with Crippen molar-refractivity contribution in [2.45, 2.75) is 56.8 Å². The van der Waals surface area contributed by atoms with E-state index in [9.17, 15) is 19.2 Å². The van der Waals surface area contributed by atoms with Crippen molar-refractivity contribution in [2.24, 2.45) is 5.92 Å². The number of hydrogen-bond donors (Lipinski definition) is 2. The van der Waals surface area contributed by atoms with E-state index >= 15 is 4.39 Å². The first-order valence-electron chi connectivity index (χ1n) is 14.0. The monoisotopic (exact) mass is 594 g/mol. The summed E-state index contributed by atoms with van der Waals surface area (Å²) in [4.78, 5) is 56.2. The summed E-state index contributed by atoms with van der Waals surface area (Å²) in [7, 11) is 1.35. The number of benzene rings is 2. The van der Waals surface area contributed by atoms with E-state index in [4.69, 9.17) is 16.3 Å². The summed E-state index contributed by atoms with van der Waals surface area (Å²) in [6, 6.07) is 13.7. The molecule has 2 aliphatic rings. The third-order valence-corrected chi connectivity index (χ3v) is 8.40. The molecule has 11 heteroatoms. The molecular formula is C31H32ClFN4O5. The Morgan fingerprint density at radius 1 is 1.10 bits per heavy atom. The second-order valence-corrected chi connectivity index (χ2v) is 11.2. The lowest BCUT2D eigenvalue weighted by Gasteiger charge is -2.33. The van der Waals surface area contributed by atoms with Gasteiger partial charge in [-0.1, -0.05) is 41.9 Å². The van der Waals surface area contributed by atoms with Crippen LogP contribution in [-0.4, -0.2) is 59.1 Å². The van der Waals surface area contributed by atoms with Crippen molar-refractivity contribution in [2.75, 3.05) is 19.0 Å². The van der Waals surface area contributed by atoms with Crippen molar-refractivity contribution in [1.29, 1.82) is 0 Å². The molecule has 2 aromatic carbocycles. The highest BCUT2D eigenvalue weighted by Gasteiger charge is 2.51. The van der Waals surface area contributed by atoms with Gasteiger partial charge in [0.25, 0.3) is 17.6 Å². The van der Waals surface area contributed by atoms with Gasteiger partial charge in [-0.25, -0.2) is 4.39 Å². The molecule has 0 unspecified atom stereocenters. The molecule has 2 fully saturated rings. The zero-order valence-electron chi connectivity index (χ0n) is 23.2. The Kier molecular flexibility index (Phi) is 8.72. The van der Waals surface area contributed by atoms with Crippen LogP contribution in [-0.2, 0) is 25.5 Å². The number of carbonyl (C=O) groups excluding carboxylic acids is 4. The number of alkyl halides is 1. The molecule has 220 valence electrons. The first-order chi connectivity index (χ1) is 20.2. The van der Waals surface area contributed by atoms with E-state index in [-0.39, 0.29) is 48.0 Å². The Bertz CT molecular complexity index is 1520. The Balaban J connectivity index is 1.21. The number of nitrogens with one attached hydrogen (secondary N) is 2. The van der Waals surface area contributed by atoms with Crippen molar-refractivity contribution in [1.82, 2.24) is 15.2 Å². The average Bonchev–Trinajstić information content (AvgIpc) is 3.41. The number of carbonyl (C=O) groups is 4. The molecule has 1 saturated carbocycles. The molecule has 0 spiro atoms. The lowest BCUT2D eigenvalue weighted by Crippen LogP contribution is -2.57. The molecule has 2 heterocycles. The van der Waals surface area contributed by atoms with Crippen molar-refractivity contribution in [3.05, 3.63) is 71.0 Å². The number of halogens is 2. The minimum atomic E-state index is -2.44. The summed E-state index contributed by atoms with van der Waals surface area (Å²) in [5, 5.41) is 7.32. The van der Waals surface area contributed by atoms with E-state index in [1.807, 2.05) is 30.3 Å². The van der Waals surface area contributed by atoms with E-state index in [1.54, 1.807) is 24.4 Å². The molecule has 3 amide bonds. The van der Waals surface area contributed by atoms with Crippen molar-refractivity contribution in [3.63, 3.8) is 0 Å². The summed E-state index contributed by atoms with van der Waals surface area (Å²) in [6.07, 6.45) is 3.84. The lowest BCUT2D eigenvalue weighted by molar-refractivity contribution is -0.156. The van der Waals surface area contributed by atoms with Crippen LogP contribution in [0.15, 0.2) is 54.7 Å². The summed E-state index contributed by atoms with van der Waals surface area (Å²) in [5.41, 5.74) is 1.11. The van der Waals surface area contributed by atoms with Crippen molar-refractivity contribution < 1.29 is 28.3 Å². The largest absolute Gasteiger partial charge is 0.469 e. The van der Waals surface area contributed by atoms with Gasteiger partial charge < -0.3 is 20.3 Å². The number of amides is 3. The predicted octanol–water partition coefficient (Wildman–Crippen LogP) is 4.82. The molecule has 1 aromatic heterocycles. The molecule has 1 saturated heterocycles. The summed E-state index contributed by atoms with van der Waals surface area (Å²) < 4.78 is 20.8. The van der Waals surface area contributed by atoms with E-state index in [0.29, 0.717) is 48.7 Å². The van der Waals surface area contributed by atoms with Gasteiger partial charge in [-0.2, -0.15) is 0 Å². The molecule has 1 atom stereocenters. The Labute approximate surface area is 247 Å². The van der Waals surface area contributed by atoms with Crippen LogP contribution in [0, 0.1) is 5.92 Å². The normalized spacial score (nSPS) is 22.0. The topological polar surface area (TPSA) is 118 Å². The van der Waals surface area contributed by atoms with Crippen LogP contribution < -0.4 is 10.6 Å². The third kappa shape index (κ3) is 6.09. The Morgan fingerprint density at radius 3 is 2.60 bits per heavy atom. The second kappa shape index (κ2) is 12.4. The van der Waals surface area contributed by atoms with Gasteiger partial charge in [0.05, 0.1) is 30.2 Å². The van der Waals surface area contributed by atoms with E-state index < -0.39 is 23.5 Å². The highest BCUT2D eigenvalue weighted by Crippen LogP contribution is 2.34. The van der Waals surface area contributed by atoms with Gasteiger partial charge in [-0.15, -0.1) is 0 Å². The molecule has 5 rings (SSSR count). The number of ether oxygens (including phenoxy) is 1. The van der Waals surface area contributed by atoms with Gasteiger partial charge in [0, 0.05) is 30.6 Å². The second-order valence-electron chi connectivity index (χ2n) is 10.8. The van der Waals surface area contributed by atoms with Crippen LogP contribution in [0.2, 0.25) is 5.02 Å². The zero-order chi connectivity index (χ0) is 29.9. The maximum absolute atomic E-state index is 16.0. The fourth-order valence-electron chi connectivity index (χ4n) is 5.80. The molecule has 0 bridgehead atoms. The van der Waals surface area contributed by atoms with Gasteiger partial charge in [0.15, 0.2) is 0 Å². The first-order valence-corrected chi connectivity index (χ1v) is 14.4. The number of aromatic nitrogens is 1. The van der Waals surface area contributed by atoms with E-state index in [1.165, 1.54) is 7.11 Å². The number of methoxy groups -OCH3 is 1. The average molecular weight is 595 g/mol. The molecule has 1 aliphatic carbocycles. The maximum Gasteiger partial charge on any atom is 0.308 e. The molecule has 0 radical (unpaired) electrons. The standard InChI is InChI=1S/C31H32ClFN4O5/c1-42-29(40)21-8-10-22(11-9-21)35-30(41)31(33)14-4-16-37(31)26(38)18-19-7-12-25(24(32)17-19)36-28(39)27-23-6-3-2-5-20(23)13-15-34-27/h2-3,5-7,12-13,15,17,21-22H,4,8-11,14,16,18H2,1H3,(H,35,41)(H,36,39)/t21-,22-,31-/m1/s1. The fraction of sp³-hybridized carbons (Fsp3) is 0.387. The third-order valence-electron chi connectivity index (χ3n) is 8.09. The zero-order valence-corrected chi connectivity index (χ0v) is 24.0. The molecule has 2 N–H and O–H groups in total. The predicted molar refractivity (Wildman–Crippen MR) is 156 cm³/mol. The number of nitrogens with zero attached hydrogens (tertiary/aromatic N) is 2. The number of likely N-dealkylation sites (tertiary alicyclic amines) is 1. The summed E-state index contributed by atoms with van der Waals surface area (Å²) >= 11 is 6.45. The van der Waals surface area contributed by atoms with Crippen LogP contribution in [0.5, 0.6) is 0 Å². The maximum atomic E-state index is 16.0. The van der Waals surface area contributed by atoms with Crippen molar-refractivity contribution in [3.8, 4) is 0 Å². The van der Waals surface area contributed by atoms with E-state index in [0.717, 1.165) is 10.3 Å². The number of pyridine rings is 1. The number of fused-ring (bicyclic) bond motifs is 1. The van der Waals surface area contributed by atoms with Gasteiger partial charge in [-0.3, -0.25) is 24.2 Å². The number of rotatable bonds is 7. The number of hydrogen-bond acceptors (Lipinski definition) is 6. The molecular weight excluding hydrogens is 563 g/mol. The van der Waals surface area contributed by atoms with Gasteiger partial charge in [0.2, 0.25) is 5.91 Å². The first kappa shape index (κ1) is 29.4. The van der Waals surface area contributed by atoms with Gasteiger partial charge >= 0.3 is 5.97 Å². The summed E-state index contributed by atoms with van der Waals surface area (Å²) in [6.45, 7) is 0.123. The fourth-order valence-corrected chi connectivity index (χ4v) is 6.05. The van der Waals surface area contributed by atoms with Crippen LogP contribution >= 0.6 is 11.6 Å². The van der Waals surface area contributed by atoms with Crippen molar-refractivity contribution >= 4 is 51.8 Å². The summed E-state index contributed by atoms with van der Waals surface area (Å²) in [5.74, 6) is -4.72. The lowest BCUT2D eigenvalue weighted by atomic mass is 9.86. The number of esters is 1. The highest BCUT2D eigenvalue weighted by atomic mass is 35.5. The highest BCUT2D eigenvalue weighted by molar-refractivity contribution is 6.34. The SMILES string of the molecule is COC(=O)[C@H]1CC[C@H](NC(=O)[C@@]2(F)CCCN2C(=O)Cc2ccc(NC(=O)c3nccc4ccccc34)c(Cl)c2)CC1. The van der Waals surface area contributed by atoms with Crippen LogP contribution in [0.25, 0.3) is 10.8 Å². The van der Waals surface area contributed by atoms with Crippen LogP contribution in [0.1, 0.15) is 54.6 Å². The quantitative estimate of drug-likeness (QED) is 0.299. The van der Waals surface area contributed by atoms with Crippen LogP contribution in [0.4, 0.5) is 10.1 Å². The van der Waals surface area contributed by atoms with Crippen LogP contribution in [0.3, 0.4) is 0 Å². The molecule has 3 aromatic rings. The van der Waals surface area contributed by atoms with Gasteiger partial charge in [0.1, 0.15) is 5.69 Å². The minimum absolute atomic E-state index is 0.0873. The minimum Gasteiger partial charge on any atom is -0.469 e. The van der Waals surface area contributed by atoms with Gasteiger partial charge in [-0.05, 0) is 61.3 Å². The van der Waals surface area contributed by atoms with E-state index in [2.05, 4.69) is 15.6 Å². The smallest absolute Gasteiger partial charge is 0.308 e. The molecule has 1 aliphatic heterocycles. The molecule has 42 heavy (non-hydrogen) atoms.